The highest BCUT2D eigenvalue weighted by Crippen LogP contribution is 2.26. The highest BCUT2D eigenvalue weighted by molar-refractivity contribution is 9.10. The molecule has 0 heterocycles. The molecule has 1 aromatic rings. The second kappa shape index (κ2) is 6.35. The minimum absolute atomic E-state index is 0.333. The zero-order valence-corrected chi connectivity index (χ0v) is 11.8. The van der Waals surface area contributed by atoms with E-state index in [0.717, 1.165) is 18.7 Å². The van der Waals surface area contributed by atoms with Gasteiger partial charge in [-0.15, -0.1) is 0 Å². The normalized spacial score (nSPS) is 12.5. The smallest absolute Gasteiger partial charge is 0.139 e. The number of nitrogens with two attached hydrogens (primary N) is 1. The second-order valence-electron chi connectivity index (χ2n) is 3.62. The Morgan fingerprint density at radius 2 is 2.25 bits per heavy atom. The van der Waals surface area contributed by atoms with Gasteiger partial charge >= 0.3 is 0 Å². The van der Waals surface area contributed by atoms with Gasteiger partial charge in [0.15, 0.2) is 0 Å². The third-order valence-electron chi connectivity index (χ3n) is 2.36. The fourth-order valence-corrected chi connectivity index (χ4v) is 1.94. The highest BCUT2D eigenvalue weighted by atomic mass is 79.9. The number of rotatable bonds is 5. The summed E-state index contributed by atoms with van der Waals surface area (Å²) in [5.41, 5.74) is 6.93. The molecule has 90 valence electrons. The molecule has 0 aliphatic heterocycles. The van der Waals surface area contributed by atoms with Crippen molar-refractivity contribution in [1.29, 1.82) is 0 Å². The van der Waals surface area contributed by atoms with Crippen molar-refractivity contribution in [2.24, 2.45) is 0 Å². The molecule has 0 fully saturated rings. The Balaban J connectivity index is 2.57. The van der Waals surface area contributed by atoms with E-state index in [1.54, 1.807) is 6.07 Å². The summed E-state index contributed by atoms with van der Waals surface area (Å²) in [5, 5.41) is 3.82. The lowest BCUT2D eigenvalue weighted by atomic mass is 10.2. The van der Waals surface area contributed by atoms with Crippen molar-refractivity contribution >= 4 is 39.1 Å². The molecule has 0 aliphatic rings. The van der Waals surface area contributed by atoms with Crippen LogP contribution in [0.1, 0.15) is 13.3 Å². The van der Waals surface area contributed by atoms with Crippen LogP contribution in [0.4, 0.5) is 15.8 Å². The lowest BCUT2D eigenvalue weighted by Gasteiger charge is -2.12. The first-order valence-corrected chi connectivity index (χ1v) is 7.14. The first-order chi connectivity index (χ1) is 7.54. The minimum Gasteiger partial charge on any atom is -0.397 e. The summed E-state index contributed by atoms with van der Waals surface area (Å²) in [4.78, 5) is 0. The summed E-state index contributed by atoms with van der Waals surface area (Å²) in [7, 11) is 0. The first kappa shape index (κ1) is 13.6. The van der Waals surface area contributed by atoms with Crippen molar-refractivity contribution in [1.82, 2.24) is 0 Å². The van der Waals surface area contributed by atoms with Gasteiger partial charge in [-0.25, -0.2) is 4.39 Å². The fraction of sp³-hybridized carbons (Fsp3) is 0.455. The number of thioether (sulfide) groups is 1. The zero-order valence-electron chi connectivity index (χ0n) is 9.39. The third kappa shape index (κ3) is 3.87. The van der Waals surface area contributed by atoms with Crippen LogP contribution >= 0.6 is 27.7 Å². The van der Waals surface area contributed by atoms with Crippen molar-refractivity contribution in [3.05, 3.63) is 22.4 Å². The van der Waals surface area contributed by atoms with Crippen LogP contribution in [-0.4, -0.2) is 18.1 Å². The van der Waals surface area contributed by atoms with Gasteiger partial charge in [0, 0.05) is 17.9 Å². The fourth-order valence-electron chi connectivity index (χ4n) is 1.24. The van der Waals surface area contributed by atoms with E-state index in [-0.39, 0.29) is 5.82 Å². The van der Waals surface area contributed by atoms with E-state index in [0.29, 0.717) is 15.4 Å². The molecule has 16 heavy (non-hydrogen) atoms. The standard InChI is InChI=1S/C11H16BrFN2S/c1-7(16-2)3-4-15-11-5-8(12)9(13)6-10(11)14/h5-7,15H,3-4,14H2,1-2H3. The minimum atomic E-state index is -0.333. The molecule has 1 atom stereocenters. The van der Waals surface area contributed by atoms with Gasteiger partial charge in [0.1, 0.15) is 5.82 Å². The van der Waals surface area contributed by atoms with Crippen molar-refractivity contribution in [3.8, 4) is 0 Å². The predicted molar refractivity (Wildman–Crippen MR) is 74.6 cm³/mol. The molecule has 0 saturated carbocycles. The summed E-state index contributed by atoms with van der Waals surface area (Å²) in [6.07, 6.45) is 3.14. The molecule has 1 aromatic carbocycles. The van der Waals surface area contributed by atoms with Crippen LogP contribution in [0.25, 0.3) is 0 Å². The number of hydrogen-bond donors (Lipinski definition) is 2. The van der Waals surface area contributed by atoms with E-state index >= 15 is 0 Å². The van der Waals surface area contributed by atoms with E-state index in [1.165, 1.54) is 6.07 Å². The van der Waals surface area contributed by atoms with Crippen LogP contribution in [0, 0.1) is 5.82 Å². The van der Waals surface area contributed by atoms with Crippen LogP contribution in [0.2, 0.25) is 0 Å². The topological polar surface area (TPSA) is 38.0 Å². The van der Waals surface area contributed by atoms with Crippen molar-refractivity contribution < 1.29 is 4.39 Å². The predicted octanol–water partition coefficient (Wildman–Crippen LogP) is 3.72. The monoisotopic (exact) mass is 306 g/mol. The van der Waals surface area contributed by atoms with E-state index in [1.807, 2.05) is 11.8 Å². The van der Waals surface area contributed by atoms with E-state index in [2.05, 4.69) is 34.4 Å². The Bertz CT molecular complexity index is 360. The van der Waals surface area contributed by atoms with Crippen LogP contribution < -0.4 is 11.1 Å². The van der Waals surface area contributed by atoms with Crippen molar-refractivity contribution in [2.45, 2.75) is 18.6 Å². The summed E-state index contributed by atoms with van der Waals surface area (Å²) < 4.78 is 13.5. The number of hydrogen-bond acceptors (Lipinski definition) is 3. The molecule has 1 rings (SSSR count). The summed E-state index contributed by atoms with van der Waals surface area (Å²) in [6, 6.07) is 3.00. The molecule has 5 heteroatoms. The van der Waals surface area contributed by atoms with Gasteiger partial charge in [0.05, 0.1) is 15.8 Å². The largest absolute Gasteiger partial charge is 0.397 e. The molecule has 1 unspecified atom stereocenters. The summed E-state index contributed by atoms with van der Waals surface area (Å²) in [6.45, 7) is 3.01. The highest BCUT2D eigenvalue weighted by Gasteiger charge is 2.06. The van der Waals surface area contributed by atoms with Crippen molar-refractivity contribution in [3.63, 3.8) is 0 Å². The molecule has 0 saturated heterocycles. The Morgan fingerprint density at radius 3 is 2.88 bits per heavy atom. The van der Waals surface area contributed by atoms with E-state index < -0.39 is 0 Å². The average Bonchev–Trinajstić information content (AvgIpc) is 2.25. The van der Waals surface area contributed by atoms with E-state index in [9.17, 15) is 4.39 Å². The Kier molecular flexibility index (Phi) is 5.41. The quantitative estimate of drug-likeness (QED) is 0.814. The van der Waals surface area contributed by atoms with Crippen LogP contribution in [-0.2, 0) is 0 Å². The number of anilines is 2. The molecule has 0 aromatic heterocycles. The molecular weight excluding hydrogens is 291 g/mol. The molecular formula is C11H16BrFN2S. The Morgan fingerprint density at radius 1 is 1.56 bits per heavy atom. The second-order valence-corrected chi connectivity index (χ2v) is 5.75. The molecule has 3 N–H and O–H groups in total. The molecule has 0 bridgehead atoms. The Labute approximate surface area is 108 Å². The summed E-state index contributed by atoms with van der Waals surface area (Å²) >= 11 is 4.97. The van der Waals surface area contributed by atoms with Gasteiger partial charge < -0.3 is 11.1 Å². The maximum atomic E-state index is 13.1. The summed E-state index contributed by atoms with van der Waals surface area (Å²) in [5.74, 6) is -0.333. The lowest BCUT2D eigenvalue weighted by Crippen LogP contribution is -2.09. The number of benzene rings is 1. The third-order valence-corrected chi connectivity index (χ3v) is 4.01. The van der Waals surface area contributed by atoms with Gasteiger partial charge in [-0.05, 0) is 34.7 Å². The van der Waals surface area contributed by atoms with Gasteiger partial charge in [0.25, 0.3) is 0 Å². The number of halogens is 2. The lowest BCUT2D eigenvalue weighted by molar-refractivity contribution is 0.622. The van der Waals surface area contributed by atoms with Crippen LogP contribution in [0.5, 0.6) is 0 Å². The molecule has 2 nitrogen and oxygen atoms in total. The zero-order chi connectivity index (χ0) is 12.1. The Hall–Kier alpha value is -0.420. The first-order valence-electron chi connectivity index (χ1n) is 5.05. The van der Waals surface area contributed by atoms with Gasteiger partial charge in [-0.3, -0.25) is 0 Å². The molecule has 0 aliphatic carbocycles. The van der Waals surface area contributed by atoms with Crippen molar-refractivity contribution in [2.75, 3.05) is 23.9 Å². The molecule has 0 amide bonds. The maximum Gasteiger partial charge on any atom is 0.139 e. The van der Waals surface area contributed by atoms with Gasteiger partial charge in [-0.1, -0.05) is 6.92 Å². The number of nitrogen functional groups attached to an aromatic ring is 1. The molecule has 0 radical (unpaired) electrons. The average molecular weight is 307 g/mol. The van der Waals surface area contributed by atoms with Crippen LogP contribution in [0.3, 0.4) is 0 Å². The SMILES string of the molecule is CSC(C)CCNc1cc(Br)c(F)cc1N. The molecule has 0 spiro atoms. The van der Waals surface area contributed by atoms with Gasteiger partial charge in [-0.2, -0.15) is 11.8 Å². The number of nitrogens with one attached hydrogen (secondary N) is 1. The van der Waals surface area contributed by atoms with Gasteiger partial charge in [0.2, 0.25) is 0 Å². The van der Waals surface area contributed by atoms with E-state index in [4.69, 9.17) is 5.73 Å². The van der Waals surface area contributed by atoms with Crippen LogP contribution in [0.15, 0.2) is 16.6 Å². The maximum absolute atomic E-state index is 13.1.